The van der Waals surface area contributed by atoms with E-state index >= 15 is 0 Å². The third-order valence-electron chi connectivity index (χ3n) is 4.47. The number of aromatic nitrogens is 2. The number of fused-ring (bicyclic) bond motifs is 2. The summed E-state index contributed by atoms with van der Waals surface area (Å²) in [5.74, 6) is 0. The number of rotatable bonds is 2. The number of anilines is 1. The summed E-state index contributed by atoms with van der Waals surface area (Å²) in [5.41, 5.74) is 2.32. The maximum atomic E-state index is 4.39. The first kappa shape index (κ1) is 11.1. The van der Waals surface area contributed by atoms with Gasteiger partial charge in [-0.25, -0.2) is 0 Å². The minimum Gasteiger partial charge on any atom is -0.379 e. The number of piperidine rings is 1. The Morgan fingerprint density at radius 3 is 2.41 bits per heavy atom. The van der Waals surface area contributed by atoms with Crippen LogP contribution in [-0.4, -0.2) is 39.9 Å². The van der Waals surface area contributed by atoms with Gasteiger partial charge in [0.1, 0.15) is 0 Å². The third-order valence-corrected chi connectivity index (χ3v) is 4.47. The lowest BCUT2D eigenvalue weighted by atomic mass is 9.98. The van der Waals surface area contributed by atoms with Crippen molar-refractivity contribution in [1.29, 1.82) is 0 Å². The summed E-state index contributed by atoms with van der Waals surface area (Å²) in [6.45, 7) is 2.08. The van der Waals surface area contributed by atoms with Gasteiger partial charge < -0.3 is 10.2 Å². The van der Waals surface area contributed by atoms with E-state index < -0.39 is 0 Å². The molecule has 1 aromatic rings. The van der Waals surface area contributed by atoms with Crippen LogP contribution in [0.2, 0.25) is 0 Å². The zero-order valence-electron chi connectivity index (χ0n) is 11.0. The standard InChI is InChI=1S/C13H22N4/c1-9-13(8-16(2)15-9)14-10-6-11-4-5-12(7-10)17(11)3/h8,10-12,14H,4-7H2,1-3H3. The van der Waals surface area contributed by atoms with Gasteiger partial charge in [-0.2, -0.15) is 5.10 Å². The van der Waals surface area contributed by atoms with Gasteiger partial charge in [-0.1, -0.05) is 0 Å². The second-order valence-corrected chi connectivity index (χ2v) is 5.66. The third kappa shape index (κ3) is 1.95. The molecule has 2 aliphatic rings. The molecule has 2 unspecified atom stereocenters. The normalized spacial score (nSPS) is 33.0. The summed E-state index contributed by atoms with van der Waals surface area (Å²) < 4.78 is 1.89. The molecule has 0 saturated carbocycles. The van der Waals surface area contributed by atoms with E-state index in [9.17, 15) is 0 Å². The summed E-state index contributed by atoms with van der Waals surface area (Å²) in [7, 11) is 4.27. The Morgan fingerprint density at radius 1 is 1.24 bits per heavy atom. The van der Waals surface area contributed by atoms with Crippen LogP contribution in [-0.2, 0) is 7.05 Å². The fourth-order valence-electron chi connectivity index (χ4n) is 3.49. The molecule has 0 aromatic carbocycles. The topological polar surface area (TPSA) is 33.1 Å². The molecule has 1 aromatic heterocycles. The number of hydrogen-bond acceptors (Lipinski definition) is 3. The van der Waals surface area contributed by atoms with E-state index in [1.54, 1.807) is 0 Å². The first-order chi connectivity index (χ1) is 8.13. The molecule has 2 fully saturated rings. The first-order valence-electron chi connectivity index (χ1n) is 6.62. The predicted octanol–water partition coefficient (Wildman–Crippen LogP) is 1.77. The average molecular weight is 234 g/mol. The monoisotopic (exact) mass is 234 g/mol. The maximum absolute atomic E-state index is 4.39. The van der Waals surface area contributed by atoms with E-state index in [1.165, 1.54) is 31.4 Å². The highest BCUT2D eigenvalue weighted by Gasteiger charge is 2.38. The van der Waals surface area contributed by atoms with E-state index in [4.69, 9.17) is 0 Å². The van der Waals surface area contributed by atoms with Crippen molar-refractivity contribution in [3.05, 3.63) is 11.9 Å². The maximum Gasteiger partial charge on any atom is 0.0825 e. The molecule has 2 aliphatic heterocycles. The van der Waals surface area contributed by atoms with E-state index in [0.717, 1.165) is 17.8 Å². The van der Waals surface area contributed by atoms with Gasteiger partial charge in [0.15, 0.2) is 0 Å². The molecule has 1 N–H and O–H groups in total. The average Bonchev–Trinajstić information content (AvgIpc) is 2.68. The highest BCUT2D eigenvalue weighted by molar-refractivity contribution is 5.46. The Balaban J connectivity index is 1.69. The molecule has 2 bridgehead atoms. The molecule has 0 aliphatic carbocycles. The van der Waals surface area contributed by atoms with E-state index in [0.29, 0.717) is 6.04 Å². The van der Waals surface area contributed by atoms with Crippen molar-refractivity contribution in [2.24, 2.45) is 7.05 Å². The van der Waals surface area contributed by atoms with Crippen molar-refractivity contribution < 1.29 is 0 Å². The van der Waals surface area contributed by atoms with Gasteiger partial charge in [0, 0.05) is 31.4 Å². The molecule has 0 spiro atoms. The van der Waals surface area contributed by atoms with Crippen LogP contribution in [0.15, 0.2) is 6.20 Å². The van der Waals surface area contributed by atoms with E-state index in [2.05, 4.69) is 35.5 Å². The Morgan fingerprint density at radius 2 is 1.88 bits per heavy atom. The van der Waals surface area contributed by atoms with Crippen LogP contribution in [0.3, 0.4) is 0 Å². The Kier molecular flexibility index (Phi) is 2.62. The molecule has 94 valence electrons. The Hall–Kier alpha value is -1.03. The van der Waals surface area contributed by atoms with Gasteiger partial charge in [-0.05, 0) is 39.7 Å². The van der Waals surface area contributed by atoms with Gasteiger partial charge in [-0.3, -0.25) is 4.68 Å². The quantitative estimate of drug-likeness (QED) is 0.846. The summed E-state index contributed by atoms with van der Waals surface area (Å²) in [6.07, 6.45) is 7.41. The van der Waals surface area contributed by atoms with Crippen LogP contribution in [0.25, 0.3) is 0 Å². The summed E-state index contributed by atoms with van der Waals surface area (Å²) in [5, 5.41) is 8.07. The molecule has 17 heavy (non-hydrogen) atoms. The molecule has 2 atom stereocenters. The smallest absolute Gasteiger partial charge is 0.0825 e. The van der Waals surface area contributed by atoms with Gasteiger partial charge in [-0.15, -0.1) is 0 Å². The van der Waals surface area contributed by atoms with Crippen molar-refractivity contribution in [1.82, 2.24) is 14.7 Å². The van der Waals surface area contributed by atoms with Crippen LogP contribution in [0.5, 0.6) is 0 Å². The fourth-order valence-corrected chi connectivity index (χ4v) is 3.49. The molecular weight excluding hydrogens is 212 g/mol. The van der Waals surface area contributed by atoms with Gasteiger partial charge >= 0.3 is 0 Å². The van der Waals surface area contributed by atoms with Gasteiger partial charge in [0.2, 0.25) is 0 Å². The molecule has 4 nitrogen and oxygen atoms in total. The highest BCUT2D eigenvalue weighted by Crippen LogP contribution is 2.35. The van der Waals surface area contributed by atoms with Crippen LogP contribution < -0.4 is 5.32 Å². The molecule has 3 rings (SSSR count). The SMILES string of the molecule is Cc1nn(C)cc1NC1CC2CCC(C1)N2C. The second-order valence-electron chi connectivity index (χ2n) is 5.66. The number of nitrogens with one attached hydrogen (secondary N) is 1. The van der Waals surface area contributed by atoms with Crippen LogP contribution in [0, 0.1) is 6.92 Å². The van der Waals surface area contributed by atoms with Crippen LogP contribution >= 0.6 is 0 Å². The molecular formula is C13H22N4. The van der Waals surface area contributed by atoms with Crippen LogP contribution in [0.1, 0.15) is 31.4 Å². The molecule has 0 amide bonds. The van der Waals surface area contributed by atoms with E-state index in [-0.39, 0.29) is 0 Å². The number of aryl methyl sites for hydroxylation is 2. The van der Waals surface area contributed by atoms with Crippen molar-refractivity contribution in [2.45, 2.75) is 50.7 Å². The number of hydrogen-bond donors (Lipinski definition) is 1. The second kappa shape index (κ2) is 4.02. The minimum absolute atomic E-state index is 0.631. The van der Waals surface area contributed by atoms with Gasteiger partial charge in [0.05, 0.1) is 11.4 Å². The summed E-state index contributed by atoms with van der Waals surface area (Å²) in [4.78, 5) is 2.58. The van der Waals surface area contributed by atoms with Crippen molar-refractivity contribution >= 4 is 5.69 Å². The van der Waals surface area contributed by atoms with Crippen LogP contribution in [0.4, 0.5) is 5.69 Å². The summed E-state index contributed by atoms with van der Waals surface area (Å²) in [6, 6.07) is 2.22. The predicted molar refractivity (Wildman–Crippen MR) is 69.2 cm³/mol. The molecule has 3 heterocycles. The van der Waals surface area contributed by atoms with E-state index in [1.807, 2.05) is 11.7 Å². The Labute approximate surface area is 103 Å². The molecule has 4 heteroatoms. The highest BCUT2D eigenvalue weighted by atomic mass is 15.3. The number of nitrogens with zero attached hydrogens (tertiary/aromatic N) is 3. The van der Waals surface area contributed by atoms with Gasteiger partial charge in [0.25, 0.3) is 0 Å². The lowest BCUT2D eigenvalue weighted by molar-refractivity contribution is 0.169. The lowest BCUT2D eigenvalue weighted by Gasteiger charge is -2.36. The first-order valence-corrected chi connectivity index (χ1v) is 6.62. The fraction of sp³-hybridized carbons (Fsp3) is 0.769. The largest absolute Gasteiger partial charge is 0.379 e. The van der Waals surface area contributed by atoms with Crippen molar-refractivity contribution in [3.63, 3.8) is 0 Å². The van der Waals surface area contributed by atoms with Crippen molar-refractivity contribution in [3.8, 4) is 0 Å². The zero-order valence-corrected chi connectivity index (χ0v) is 11.0. The Bertz CT molecular complexity index is 398. The van der Waals surface area contributed by atoms with Crippen molar-refractivity contribution in [2.75, 3.05) is 12.4 Å². The summed E-state index contributed by atoms with van der Waals surface area (Å²) >= 11 is 0. The molecule has 2 saturated heterocycles. The lowest BCUT2D eigenvalue weighted by Crippen LogP contribution is -2.44. The minimum atomic E-state index is 0.631. The zero-order chi connectivity index (χ0) is 12.0. The molecule has 0 radical (unpaired) electrons.